The molecule has 0 bridgehead atoms. The first kappa shape index (κ1) is 11.2. The Morgan fingerprint density at radius 2 is 1.62 bits per heavy atom. The number of nitrogens with zero attached hydrogens (tertiary/aromatic N) is 3. The fourth-order valence-corrected chi connectivity index (χ4v) is 1.68. The molecule has 0 saturated heterocycles. The third-order valence-electron chi connectivity index (χ3n) is 1.88. The van der Waals surface area contributed by atoms with Gasteiger partial charge in [-0.1, -0.05) is 0 Å². The third-order valence-corrected chi connectivity index (χ3v) is 2.22. The molecule has 2 rings (SSSR count). The van der Waals surface area contributed by atoms with Crippen molar-refractivity contribution < 1.29 is 4.39 Å². The van der Waals surface area contributed by atoms with Crippen LogP contribution in [-0.2, 0) is 0 Å². The maximum Gasteiger partial charge on any atom is 0.227 e. The quantitative estimate of drug-likeness (QED) is 0.787. The highest BCUT2D eigenvalue weighted by Crippen LogP contribution is 2.20. The molecule has 1 heterocycles. The topological polar surface area (TPSA) is 38.7 Å². The second-order valence-electron chi connectivity index (χ2n) is 3.21. The molecular formula is C10H6Cl2FN3. The van der Waals surface area contributed by atoms with Gasteiger partial charge in [-0.15, -0.1) is 0 Å². The van der Waals surface area contributed by atoms with Crippen molar-refractivity contribution in [3.63, 3.8) is 0 Å². The van der Waals surface area contributed by atoms with Gasteiger partial charge in [-0.25, -0.2) is 4.39 Å². The van der Waals surface area contributed by atoms with E-state index in [0.29, 0.717) is 5.56 Å². The highest BCUT2D eigenvalue weighted by atomic mass is 35.5. The van der Waals surface area contributed by atoms with Crippen LogP contribution in [0.4, 0.5) is 4.39 Å². The van der Waals surface area contributed by atoms with Gasteiger partial charge in [0.15, 0.2) is 5.82 Å². The highest BCUT2D eigenvalue weighted by Gasteiger charge is 2.07. The minimum Gasteiger partial charge on any atom is -0.207 e. The number of hydrogen-bond acceptors (Lipinski definition) is 3. The number of aryl methyl sites for hydroxylation is 1. The van der Waals surface area contributed by atoms with E-state index < -0.39 is 0 Å². The molecule has 6 heteroatoms. The van der Waals surface area contributed by atoms with Crippen LogP contribution in [0.25, 0.3) is 11.4 Å². The molecule has 1 aromatic carbocycles. The van der Waals surface area contributed by atoms with Gasteiger partial charge in [0.2, 0.25) is 10.6 Å². The monoisotopic (exact) mass is 257 g/mol. The number of benzene rings is 1. The lowest BCUT2D eigenvalue weighted by Gasteiger charge is -2.02. The summed E-state index contributed by atoms with van der Waals surface area (Å²) in [6, 6.07) is 4.47. The van der Waals surface area contributed by atoms with E-state index >= 15 is 0 Å². The fourth-order valence-electron chi connectivity index (χ4n) is 1.32. The molecule has 1 aromatic heterocycles. The second kappa shape index (κ2) is 4.31. The van der Waals surface area contributed by atoms with Crippen LogP contribution in [0.3, 0.4) is 0 Å². The first-order valence-corrected chi connectivity index (χ1v) is 5.15. The largest absolute Gasteiger partial charge is 0.227 e. The minimum atomic E-state index is -0.359. The van der Waals surface area contributed by atoms with Gasteiger partial charge in [-0.05, 0) is 53.9 Å². The molecule has 3 nitrogen and oxygen atoms in total. The Hall–Kier alpha value is -1.26. The van der Waals surface area contributed by atoms with E-state index in [0.717, 1.165) is 5.56 Å². The average Bonchev–Trinajstić information content (AvgIpc) is 2.14. The lowest BCUT2D eigenvalue weighted by Crippen LogP contribution is -1.94. The summed E-state index contributed by atoms with van der Waals surface area (Å²) in [7, 11) is 0. The molecule has 0 unspecified atom stereocenters. The molecule has 0 aliphatic rings. The first-order chi connectivity index (χ1) is 7.54. The predicted molar refractivity (Wildman–Crippen MR) is 60.0 cm³/mol. The van der Waals surface area contributed by atoms with Crippen molar-refractivity contribution in [3.05, 3.63) is 40.1 Å². The van der Waals surface area contributed by atoms with Crippen LogP contribution in [0.15, 0.2) is 18.2 Å². The average molecular weight is 258 g/mol. The lowest BCUT2D eigenvalue weighted by atomic mass is 10.1. The summed E-state index contributed by atoms with van der Waals surface area (Å²) in [5, 5.41) is -0.0335. The zero-order valence-corrected chi connectivity index (χ0v) is 9.72. The molecule has 0 aliphatic carbocycles. The summed E-state index contributed by atoms with van der Waals surface area (Å²) in [5.41, 5.74) is 1.28. The molecule has 0 saturated carbocycles. The van der Waals surface area contributed by atoms with E-state index in [1.165, 1.54) is 12.1 Å². The minimum absolute atomic E-state index is 0.0167. The van der Waals surface area contributed by atoms with E-state index in [9.17, 15) is 4.39 Å². The van der Waals surface area contributed by atoms with Crippen molar-refractivity contribution in [2.45, 2.75) is 6.92 Å². The Kier molecular flexibility index (Phi) is 3.03. The zero-order chi connectivity index (χ0) is 11.7. The van der Waals surface area contributed by atoms with Gasteiger partial charge in [0.1, 0.15) is 5.82 Å². The van der Waals surface area contributed by atoms with Gasteiger partial charge in [0.05, 0.1) is 0 Å². The van der Waals surface area contributed by atoms with Crippen molar-refractivity contribution >= 4 is 23.2 Å². The zero-order valence-electron chi connectivity index (χ0n) is 8.21. The maximum atomic E-state index is 13.2. The Balaban J connectivity index is 2.57. The van der Waals surface area contributed by atoms with Gasteiger partial charge >= 0.3 is 0 Å². The van der Waals surface area contributed by atoms with E-state index in [1.54, 1.807) is 13.0 Å². The molecule has 0 atom stereocenters. The van der Waals surface area contributed by atoms with Gasteiger partial charge in [-0.2, -0.15) is 15.0 Å². The van der Waals surface area contributed by atoms with Crippen LogP contribution in [0.5, 0.6) is 0 Å². The molecular weight excluding hydrogens is 252 g/mol. The molecule has 16 heavy (non-hydrogen) atoms. The van der Waals surface area contributed by atoms with Crippen LogP contribution in [-0.4, -0.2) is 15.0 Å². The normalized spacial score (nSPS) is 10.5. The van der Waals surface area contributed by atoms with Crippen LogP contribution in [0, 0.1) is 12.7 Å². The summed E-state index contributed by atoms with van der Waals surface area (Å²) < 4.78 is 13.2. The first-order valence-electron chi connectivity index (χ1n) is 4.39. The molecule has 0 radical (unpaired) electrons. The lowest BCUT2D eigenvalue weighted by molar-refractivity contribution is 0.627. The summed E-state index contributed by atoms with van der Waals surface area (Å²) >= 11 is 11.3. The van der Waals surface area contributed by atoms with Crippen LogP contribution in [0.1, 0.15) is 5.56 Å². The van der Waals surface area contributed by atoms with Crippen molar-refractivity contribution in [1.29, 1.82) is 0 Å². The smallest absolute Gasteiger partial charge is 0.207 e. The molecule has 0 amide bonds. The number of halogens is 3. The Bertz CT molecular complexity index is 456. The van der Waals surface area contributed by atoms with Crippen LogP contribution in [0.2, 0.25) is 10.6 Å². The number of hydrogen-bond donors (Lipinski definition) is 0. The fraction of sp³-hybridized carbons (Fsp3) is 0.100. The summed E-state index contributed by atoms with van der Waals surface area (Å²) in [5.74, 6) is -0.102. The number of aromatic nitrogens is 3. The van der Waals surface area contributed by atoms with Gasteiger partial charge in [0, 0.05) is 5.56 Å². The summed E-state index contributed by atoms with van der Waals surface area (Å²) in [6.07, 6.45) is 0. The third kappa shape index (κ3) is 2.46. The Labute approximate surface area is 101 Å². The van der Waals surface area contributed by atoms with Crippen molar-refractivity contribution in [2.75, 3.05) is 0 Å². The van der Waals surface area contributed by atoms with E-state index in [-0.39, 0.29) is 22.2 Å². The van der Waals surface area contributed by atoms with Gasteiger partial charge in [-0.3, -0.25) is 0 Å². The predicted octanol–water partition coefficient (Wildman–Crippen LogP) is 3.29. The van der Waals surface area contributed by atoms with Gasteiger partial charge in [0.25, 0.3) is 0 Å². The van der Waals surface area contributed by atoms with Gasteiger partial charge < -0.3 is 0 Å². The Morgan fingerprint density at radius 3 is 2.19 bits per heavy atom. The van der Waals surface area contributed by atoms with E-state index in [4.69, 9.17) is 23.2 Å². The molecule has 0 spiro atoms. The standard InChI is InChI=1S/C10H6Cl2FN3/c1-5-2-6(4-7(13)3-5)8-14-9(11)16-10(12)15-8/h2-4H,1H3. The highest BCUT2D eigenvalue weighted by molar-refractivity contribution is 6.31. The molecule has 0 N–H and O–H groups in total. The summed E-state index contributed by atoms with van der Waals surface area (Å²) in [6.45, 7) is 1.77. The van der Waals surface area contributed by atoms with E-state index in [2.05, 4.69) is 15.0 Å². The van der Waals surface area contributed by atoms with Crippen molar-refractivity contribution in [1.82, 2.24) is 15.0 Å². The second-order valence-corrected chi connectivity index (χ2v) is 3.89. The van der Waals surface area contributed by atoms with Crippen molar-refractivity contribution in [2.24, 2.45) is 0 Å². The molecule has 0 fully saturated rings. The molecule has 82 valence electrons. The SMILES string of the molecule is Cc1cc(F)cc(-c2nc(Cl)nc(Cl)n2)c1. The summed E-state index contributed by atoms with van der Waals surface area (Å²) in [4.78, 5) is 11.4. The van der Waals surface area contributed by atoms with Crippen LogP contribution < -0.4 is 0 Å². The van der Waals surface area contributed by atoms with Crippen molar-refractivity contribution in [3.8, 4) is 11.4 Å². The van der Waals surface area contributed by atoms with E-state index in [1.807, 2.05) is 0 Å². The maximum absolute atomic E-state index is 13.2. The molecule has 2 aromatic rings. The number of rotatable bonds is 1. The molecule has 0 aliphatic heterocycles. The van der Waals surface area contributed by atoms with Crippen LogP contribution >= 0.6 is 23.2 Å². The Morgan fingerprint density at radius 1 is 1.00 bits per heavy atom.